The lowest BCUT2D eigenvalue weighted by Crippen LogP contribution is -2.05. The fraction of sp³-hybridized carbons (Fsp3) is 0.500. The zero-order chi connectivity index (χ0) is 10.9. The second-order valence-electron chi connectivity index (χ2n) is 3.05. The normalized spacial score (nSPS) is 10.3. The number of para-hydroxylation sites is 1. The van der Waals surface area contributed by atoms with E-state index in [1.54, 1.807) is 0 Å². The first-order chi connectivity index (χ1) is 7.38. The predicted octanol–water partition coefficient (Wildman–Crippen LogP) is 3.96. The monoisotopic (exact) mass is 241 g/mol. The highest BCUT2D eigenvalue weighted by atomic mass is 32.2. The third kappa shape index (κ3) is 4.85. The molecule has 0 aliphatic carbocycles. The van der Waals surface area contributed by atoms with Crippen LogP contribution in [0.15, 0.2) is 29.2 Å². The van der Waals surface area contributed by atoms with E-state index >= 15 is 0 Å². The predicted molar refractivity (Wildman–Crippen MR) is 74.3 cm³/mol. The van der Waals surface area contributed by atoms with Gasteiger partial charge in [-0.2, -0.15) is 11.8 Å². The van der Waals surface area contributed by atoms with E-state index in [0.717, 1.165) is 12.3 Å². The molecule has 0 saturated carbocycles. The van der Waals surface area contributed by atoms with Gasteiger partial charge in [0.25, 0.3) is 0 Å². The summed E-state index contributed by atoms with van der Waals surface area (Å²) in [4.78, 5) is 1.36. The molecule has 3 heteroatoms. The Labute approximate surface area is 101 Å². The first-order valence-electron chi connectivity index (χ1n) is 5.42. The van der Waals surface area contributed by atoms with Crippen LogP contribution in [0, 0.1) is 0 Å². The Kier molecular flexibility index (Phi) is 6.77. The van der Waals surface area contributed by atoms with Crippen LogP contribution in [-0.2, 0) is 0 Å². The number of hydrogen-bond acceptors (Lipinski definition) is 3. The van der Waals surface area contributed by atoms with Gasteiger partial charge in [0.2, 0.25) is 0 Å². The molecule has 0 radical (unpaired) electrons. The van der Waals surface area contributed by atoms with E-state index in [2.05, 4.69) is 43.4 Å². The number of nitrogens with one attached hydrogen (secondary N) is 1. The Hall–Kier alpha value is -0.280. The lowest BCUT2D eigenvalue weighted by atomic mass is 10.3. The van der Waals surface area contributed by atoms with E-state index in [1.165, 1.54) is 22.1 Å². The molecule has 0 aliphatic heterocycles. The lowest BCUT2D eigenvalue weighted by molar-refractivity contribution is 1.20. The molecule has 0 fully saturated rings. The van der Waals surface area contributed by atoms with E-state index in [9.17, 15) is 0 Å². The van der Waals surface area contributed by atoms with Gasteiger partial charge in [0, 0.05) is 22.9 Å². The summed E-state index contributed by atoms with van der Waals surface area (Å²) in [5.41, 5.74) is 1.28. The van der Waals surface area contributed by atoms with Crippen LogP contribution in [-0.4, -0.2) is 23.8 Å². The van der Waals surface area contributed by atoms with Crippen molar-refractivity contribution in [1.82, 2.24) is 0 Å². The van der Waals surface area contributed by atoms with Crippen LogP contribution < -0.4 is 5.32 Å². The third-order valence-corrected chi connectivity index (χ3v) is 3.81. The summed E-state index contributed by atoms with van der Waals surface area (Å²) in [5.74, 6) is 3.51. The SMILES string of the molecule is CCSCCNc1ccccc1SCC. The fourth-order valence-electron chi connectivity index (χ4n) is 1.30. The van der Waals surface area contributed by atoms with Crippen LogP contribution in [0.25, 0.3) is 0 Å². The molecule has 1 aromatic rings. The fourth-order valence-corrected chi connectivity index (χ4v) is 2.61. The molecule has 0 bridgehead atoms. The molecule has 84 valence electrons. The van der Waals surface area contributed by atoms with Crippen molar-refractivity contribution in [1.29, 1.82) is 0 Å². The molecule has 0 amide bonds. The summed E-state index contributed by atoms with van der Waals surface area (Å²) in [6.45, 7) is 5.44. The largest absolute Gasteiger partial charge is 0.383 e. The van der Waals surface area contributed by atoms with Crippen molar-refractivity contribution in [3.8, 4) is 0 Å². The minimum absolute atomic E-state index is 1.06. The smallest absolute Gasteiger partial charge is 0.0478 e. The average Bonchev–Trinajstić information content (AvgIpc) is 2.27. The second-order valence-corrected chi connectivity index (χ2v) is 5.75. The highest BCUT2D eigenvalue weighted by Gasteiger charge is 1.99. The van der Waals surface area contributed by atoms with E-state index in [1.807, 2.05) is 23.5 Å². The third-order valence-electron chi connectivity index (χ3n) is 1.95. The molecule has 0 unspecified atom stereocenters. The summed E-state index contributed by atoms with van der Waals surface area (Å²) in [6.07, 6.45) is 0. The van der Waals surface area contributed by atoms with Gasteiger partial charge in [-0.05, 0) is 23.6 Å². The zero-order valence-electron chi connectivity index (χ0n) is 9.45. The number of thioether (sulfide) groups is 2. The van der Waals surface area contributed by atoms with Gasteiger partial charge < -0.3 is 5.32 Å². The van der Waals surface area contributed by atoms with Crippen molar-refractivity contribution >= 4 is 29.2 Å². The minimum Gasteiger partial charge on any atom is -0.383 e. The summed E-state index contributed by atoms with van der Waals surface area (Å²) >= 11 is 3.87. The van der Waals surface area contributed by atoms with E-state index < -0.39 is 0 Å². The van der Waals surface area contributed by atoms with Gasteiger partial charge in [0.05, 0.1) is 0 Å². The van der Waals surface area contributed by atoms with Gasteiger partial charge >= 0.3 is 0 Å². The maximum Gasteiger partial charge on any atom is 0.0478 e. The summed E-state index contributed by atoms with van der Waals surface area (Å²) in [7, 11) is 0. The first kappa shape index (κ1) is 12.8. The molecular formula is C12H19NS2. The van der Waals surface area contributed by atoms with E-state index in [-0.39, 0.29) is 0 Å². The Bertz CT molecular complexity index is 276. The van der Waals surface area contributed by atoms with Crippen molar-refractivity contribution in [3.05, 3.63) is 24.3 Å². The van der Waals surface area contributed by atoms with Gasteiger partial charge in [-0.3, -0.25) is 0 Å². The number of hydrogen-bond donors (Lipinski definition) is 1. The van der Waals surface area contributed by atoms with Crippen LogP contribution in [0.1, 0.15) is 13.8 Å². The Morgan fingerprint density at radius 1 is 1.13 bits per heavy atom. The summed E-state index contributed by atoms with van der Waals surface area (Å²) in [6, 6.07) is 8.54. The molecule has 0 aliphatic rings. The standard InChI is InChI=1S/C12H19NS2/c1-3-14-10-9-13-11-7-5-6-8-12(11)15-4-2/h5-8,13H,3-4,9-10H2,1-2H3. The Morgan fingerprint density at radius 2 is 1.93 bits per heavy atom. The molecule has 1 nitrogen and oxygen atoms in total. The van der Waals surface area contributed by atoms with Crippen molar-refractivity contribution in [2.24, 2.45) is 0 Å². The number of anilines is 1. The molecule has 1 aromatic carbocycles. The Morgan fingerprint density at radius 3 is 2.67 bits per heavy atom. The van der Waals surface area contributed by atoms with Crippen LogP contribution in [0.3, 0.4) is 0 Å². The van der Waals surface area contributed by atoms with Gasteiger partial charge in [-0.15, -0.1) is 11.8 Å². The molecule has 0 spiro atoms. The molecule has 0 heterocycles. The van der Waals surface area contributed by atoms with Crippen LogP contribution >= 0.6 is 23.5 Å². The van der Waals surface area contributed by atoms with E-state index in [0.29, 0.717) is 0 Å². The lowest BCUT2D eigenvalue weighted by Gasteiger charge is -2.10. The van der Waals surface area contributed by atoms with Crippen molar-refractivity contribution in [2.75, 3.05) is 29.1 Å². The molecule has 0 atom stereocenters. The molecule has 1 N–H and O–H groups in total. The van der Waals surface area contributed by atoms with E-state index in [4.69, 9.17) is 0 Å². The number of rotatable bonds is 7. The molecule has 1 rings (SSSR count). The quantitative estimate of drug-likeness (QED) is 0.573. The van der Waals surface area contributed by atoms with Gasteiger partial charge in [-0.25, -0.2) is 0 Å². The summed E-state index contributed by atoms with van der Waals surface area (Å²) in [5, 5.41) is 3.49. The minimum atomic E-state index is 1.06. The Balaban J connectivity index is 2.44. The van der Waals surface area contributed by atoms with Crippen LogP contribution in [0.4, 0.5) is 5.69 Å². The van der Waals surface area contributed by atoms with Crippen LogP contribution in [0.5, 0.6) is 0 Å². The molecule has 0 aromatic heterocycles. The number of benzene rings is 1. The maximum atomic E-state index is 3.49. The van der Waals surface area contributed by atoms with Gasteiger partial charge in [0.15, 0.2) is 0 Å². The van der Waals surface area contributed by atoms with Gasteiger partial charge in [-0.1, -0.05) is 26.0 Å². The topological polar surface area (TPSA) is 12.0 Å². The molecule has 0 saturated heterocycles. The van der Waals surface area contributed by atoms with Gasteiger partial charge in [0.1, 0.15) is 0 Å². The highest BCUT2D eigenvalue weighted by Crippen LogP contribution is 2.26. The highest BCUT2D eigenvalue weighted by molar-refractivity contribution is 7.99. The molecule has 15 heavy (non-hydrogen) atoms. The average molecular weight is 241 g/mol. The summed E-state index contributed by atoms with van der Waals surface area (Å²) < 4.78 is 0. The van der Waals surface area contributed by atoms with Crippen molar-refractivity contribution < 1.29 is 0 Å². The maximum absolute atomic E-state index is 3.49. The first-order valence-corrected chi connectivity index (χ1v) is 7.56. The van der Waals surface area contributed by atoms with Crippen LogP contribution in [0.2, 0.25) is 0 Å². The van der Waals surface area contributed by atoms with Crippen molar-refractivity contribution in [3.63, 3.8) is 0 Å². The molecular weight excluding hydrogens is 222 g/mol. The zero-order valence-corrected chi connectivity index (χ0v) is 11.1. The van der Waals surface area contributed by atoms with Crippen molar-refractivity contribution in [2.45, 2.75) is 18.7 Å². The second kappa shape index (κ2) is 7.94.